The summed E-state index contributed by atoms with van der Waals surface area (Å²) in [7, 11) is 0. The number of amides is 1. The molecule has 0 saturated carbocycles. The van der Waals surface area contributed by atoms with Crippen LogP contribution in [0.25, 0.3) is 11.3 Å². The van der Waals surface area contributed by atoms with Crippen LogP contribution in [0.4, 0.5) is 0 Å². The average Bonchev–Trinajstić information content (AvgIpc) is 2.96. The second kappa shape index (κ2) is 4.42. The van der Waals surface area contributed by atoms with Crippen LogP contribution in [0.15, 0.2) is 36.5 Å². The maximum Gasteiger partial charge on any atom is 0.222 e. The van der Waals surface area contributed by atoms with Crippen LogP contribution in [0.3, 0.4) is 0 Å². The van der Waals surface area contributed by atoms with Gasteiger partial charge >= 0.3 is 0 Å². The van der Waals surface area contributed by atoms with Crippen molar-refractivity contribution in [1.29, 1.82) is 0 Å². The van der Waals surface area contributed by atoms with Crippen molar-refractivity contribution in [2.24, 2.45) is 0 Å². The van der Waals surface area contributed by atoms with Gasteiger partial charge in [-0.15, -0.1) is 0 Å². The molecule has 1 atom stereocenters. The molecule has 2 aromatic rings. The number of carbonyl (C=O) groups excluding carboxylic acids is 1. The molecular formula is C13H13N3OS. The van der Waals surface area contributed by atoms with Gasteiger partial charge in [-0.25, -0.2) is 0 Å². The molecule has 2 N–H and O–H groups in total. The molecule has 0 spiro atoms. The quantitative estimate of drug-likeness (QED) is 0.813. The van der Waals surface area contributed by atoms with Gasteiger partial charge in [0.15, 0.2) is 4.77 Å². The summed E-state index contributed by atoms with van der Waals surface area (Å²) in [6, 6.07) is 10.2. The first-order valence-electron chi connectivity index (χ1n) is 5.88. The van der Waals surface area contributed by atoms with E-state index in [1.165, 1.54) is 0 Å². The molecule has 1 aliphatic rings. The Balaban J connectivity index is 2.07. The molecule has 1 aromatic carbocycles. The minimum Gasteiger partial charge on any atom is -0.354 e. The highest BCUT2D eigenvalue weighted by molar-refractivity contribution is 7.71. The van der Waals surface area contributed by atoms with E-state index < -0.39 is 0 Å². The van der Waals surface area contributed by atoms with Gasteiger partial charge in [0, 0.05) is 19.2 Å². The molecule has 4 nitrogen and oxygen atoms in total. The second-order valence-corrected chi connectivity index (χ2v) is 4.76. The molecule has 0 aliphatic carbocycles. The van der Waals surface area contributed by atoms with Crippen molar-refractivity contribution in [2.75, 3.05) is 6.54 Å². The lowest BCUT2D eigenvalue weighted by Gasteiger charge is -2.13. The predicted molar refractivity (Wildman–Crippen MR) is 71.7 cm³/mol. The van der Waals surface area contributed by atoms with Crippen LogP contribution in [0.2, 0.25) is 0 Å². The van der Waals surface area contributed by atoms with Gasteiger partial charge < -0.3 is 14.9 Å². The number of benzene rings is 1. The number of H-pyrrole nitrogens is 1. The standard InChI is InChI=1S/C13H13N3OS/c17-12-6-10(7-14-12)16-11(8-15-13(16)18)9-4-2-1-3-5-9/h1-5,8,10H,6-7H2,(H,14,17)(H,15,18). The first-order chi connectivity index (χ1) is 8.75. The summed E-state index contributed by atoms with van der Waals surface area (Å²) >= 11 is 5.32. The minimum atomic E-state index is 0.0853. The van der Waals surface area contributed by atoms with Gasteiger partial charge in [0.05, 0.1) is 11.7 Å². The van der Waals surface area contributed by atoms with Crippen molar-refractivity contribution in [3.8, 4) is 11.3 Å². The van der Waals surface area contributed by atoms with Crippen LogP contribution in [0.5, 0.6) is 0 Å². The summed E-state index contributed by atoms with van der Waals surface area (Å²) in [5, 5.41) is 2.84. The van der Waals surface area contributed by atoms with Crippen molar-refractivity contribution in [3.63, 3.8) is 0 Å². The van der Waals surface area contributed by atoms with Gasteiger partial charge in [-0.3, -0.25) is 4.79 Å². The van der Waals surface area contributed by atoms with Crippen molar-refractivity contribution in [2.45, 2.75) is 12.5 Å². The molecule has 0 bridgehead atoms. The van der Waals surface area contributed by atoms with Gasteiger partial charge in [-0.05, 0) is 17.8 Å². The Labute approximate surface area is 110 Å². The number of imidazole rings is 1. The number of aromatic amines is 1. The van der Waals surface area contributed by atoms with Gasteiger partial charge in [-0.2, -0.15) is 0 Å². The fourth-order valence-electron chi connectivity index (χ4n) is 2.34. The summed E-state index contributed by atoms with van der Waals surface area (Å²) < 4.78 is 2.69. The van der Waals surface area contributed by atoms with Crippen molar-refractivity contribution < 1.29 is 4.79 Å². The molecule has 5 heteroatoms. The zero-order valence-electron chi connectivity index (χ0n) is 9.72. The Morgan fingerprint density at radius 1 is 1.28 bits per heavy atom. The van der Waals surface area contributed by atoms with E-state index in [1.807, 2.05) is 41.1 Å². The molecule has 1 aromatic heterocycles. The number of carbonyl (C=O) groups is 1. The maximum absolute atomic E-state index is 11.3. The van der Waals surface area contributed by atoms with Gasteiger partial charge in [0.25, 0.3) is 0 Å². The van der Waals surface area contributed by atoms with E-state index in [-0.39, 0.29) is 11.9 Å². The third kappa shape index (κ3) is 1.86. The Morgan fingerprint density at radius 3 is 2.72 bits per heavy atom. The van der Waals surface area contributed by atoms with Crippen molar-refractivity contribution >= 4 is 18.1 Å². The first-order valence-corrected chi connectivity index (χ1v) is 6.28. The lowest BCUT2D eigenvalue weighted by Crippen LogP contribution is -2.16. The smallest absolute Gasteiger partial charge is 0.222 e. The molecule has 92 valence electrons. The molecule has 1 amide bonds. The largest absolute Gasteiger partial charge is 0.354 e. The van der Waals surface area contributed by atoms with E-state index in [0.29, 0.717) is 17.7 Å². The highest BCUT2D eigenvalue weighted by atomic mass is 32.1. The number of nitrogens with one attached hydrogen (secondary N) is 2. The molecule has 0 radical (unpaired) electrons. The third-order valence-electron chi connectivity index (χ3n) is 3.20. The van der Waals surface area contributed by atoms with Crippen LogP contribution >= 0.6 is 12.2 Å². The third-order valence-corrected chi connectivity index (χ3v) is 3.52. The average molecular weight is 259 g/mol. The fraction of sp³-hybridized carbons (Fsp3) is 0.231. The number of nitrogens with zero attached hydrogens (tertiary/aromatic N) is 1. The Hall–Kier alpha value is -1.88. The number of hydrogen-bond acceptors (Lipinski definition) is 2. The maximum atomic E-state index is 11.3. The predicted octanol–water partition coefficient (Wildman–Crippen LogP) is 2.27. The second-order valence-electron chi connectivity index (χ2n) is 4.38. The minimum absolute atomic E-state index is 0.0853. The van der Waals surface area contributed by atoms with Gasteiger partial charge in [0.2, 0.25) is 5.91 Å². The van der Waals surface area contributed by atoms with E-state index in [9.17, 15) is 4.79 Å². The zero-order chi connectivity index (χ0) is 12.5. The van der Waals surface area contributed by atoms with E-state index in [0.717, 1.165) is 11.3 Å². The molecule has 1 aliphatic heterocycles. The topological polar surface area (TPSA) is 49.8 Å². The normalized spacial score (nSPS) is 18.9. The highest BCUT2D eigenvalue weighted by Crippen LogP contribution is 2.26. The number of rotatable bonds is 2. The monoisotopic (exact) mass is 259 g/mol. The molecule has 1 unspecified atom stereocenters. The fourth-order valence-corrected chi connectivity index (χ4v) is 2.65. The summed E-state index contributed by atoms with van der Waals surface area (Å²) in [5.41, 5.74) is 2.13. The number of hydrogen-bond donors (Lipinski definition) is 2. The van der Waals surface area contributed by atoms with E-state index in [1.54, 1.807) is 0 Å². The zero-order valence-corrected chi connectivity index (χ0v) is 10.5. The molecule has 3 rings (SSSR count). The first kappa shape index (κ1) is 11.2. The number of aromatic nitrogens is 2. The highest BCUT2D eigenvalue weighted by Gasteiger charge is 2.25. The van der Waals surface area contributed by atoms with Gasteiger partial charge in [-0.1, -0.05) is 30.3 Å². The summed E-state index contributed by atoms with van der Waals surface area (Å²) in [4.78, 5) is 14.4. The lowest BCUT2D eigenvalue weighted by molar-refractivity contribution is -0.119. The summed E-state index contributed by atoms with van der Waals surface area (Å²) in [6.07, 6.45) is 2.40. The summed E-state index contributed by atoms with van der Waals surface area (Å²) in [6.45, 7) is 0.644. The SMILES string of the molecule is O=C1CC(n2c(-c3ccccc3)c[nH]c2=S)CN1. The van der Waals surface area contributed by atoms with Crippen LogP contribution in [-0.4, -0.2) is 22.0 Å². The van der Waals surface area contributed by atoms with Crippen molar-refractivity contribution in [3.05, 3.63) is 41.3 Å². The molecule has 18 heavy (non-hydrogen) atoms. The van der Waals surface area contributed by atoms with E-state index in [4.69, 9.17) is 12.2 Å². The van der Waals surface area contributed by atoms with E-state index in [2.05, 4.69) is 10.3 Å². The Bertz CT molecular complexity index is 629. The van der Waals surface area contributed by atoms with Crippen molar-refractivity contribution in [1.82, 2.24) is 14.9 Å². The molecule has 2 heterocycles. The van der Waals surface area contributed by atoms with Crippen LogP contribution in [0.1, 0.15) is 12.5 Å². The van der Waals surface area contributed by atoms with Gasteiger partial charge in [0.1, 0.15) is 0 Å². The van der Waals surface area contributed by atoms with E-state index >= 15 is 0 Å². The van der Waals surface area contributed by atoms with Crippen LogP contribution < -0.4 is 5.32 Å². The van der Waals surface area contributed by atoms with Crippen LogP contribution in [-0.2, 0) is 4.79 Å². The molecule has 1 saturated heterocycles. The Morgan fingerprint density at radius 2 is 2.06 bits per heavy atom. The lowest BCUT2D eigenvalue weighted by atomic mass is 10.1. The van der Waals surface area contributed by atoms with Crippen LogP contribution in [0, 0.1) is 4.77 Å². The summed E-state index contributed by atoms with van der Waals surface area (Å²) in [5.74, 6) is 0.0853. The molecule has 1 fully saturated rings. The molecular weight excluding hydrogens is 246 g/mol. The Kier molecular flexibility index (Phi) is 2.76.